The molecular formula is C14H20F2N2O. The number of nitrogens with two attached hydrogens (primary N) is 1. The van der Waals surface area contributed by atoms with Gasteiger partial charge in [-0.1, -0.05) is 12.1 Å². The second-order valence-electron chi connectivity index (χ2n) is 4.97. The van der Waals surface area contributed by atoms with Crippen LogP contribution in [-0.2, 0) is 4.74 Å². The molecule has 1 aromatic rings. The van der Waals surface area contributed by atoms with Crippen molar-refractivity contribution >= 4 is 0 Å². The first-order valence-corrected chi connectivity index (χ1v) is 6.59. The highest BCUT2D eigenvalue weighted by atomic mass is 19.2. The van der Waals surface area contributed by atoms with Crippen LogP contribution in [0.25, 0.3) is 0 Å². The molecule has 0 radical (unpaired) electrons. The van der Waals surface area contributed by atoms with Crippen molar-refractivity contribution in [3.8, 4) is 0 Å². The van der Waals surface area contributed by atoms with Crippen LogP contribution in [0.1, 0.15) is 24.4 Å². The van der Waals surface area contributed by atoms with Crippen molar-refractivity contribution in [3.05, 3.63) is 35.4 Å². The summed E-state index contributed by atoms with van der Waals surface area (Å²) in [7, 11) is 1.86. The lowest BCUT2D eigenvalue weighted by molar-refractivity contribution is 0.0683. The van der Waals surface area contributed by atoms with Gasteiger partial charge >= 0.3 is 0 Å². The van der Waals surface area contributed by atoms with Gasteiger partial charge in [0.15, 0.2) is 11.6 Å². The van der Waals surface area contributed by atoms with E-state index in [1.54, 1.807) is 6.07 Å². The largest absolute Gasteiger partial charge is 0.377 e. The number of ether oxygens (including phenoxy) is 1. The van der Waals surface area contributed by atoms with E-state index in [4.69, 9.17) is 10.5 Å². The zero-order valence-corrected chi connectivity index (χ0v) is 11.1. The number of benzene rings is 1. The number of hydrogen-bond donors (Lipinski definition) is 1. The summed E-state index contributed by atoms with van der Waals surface area (Å²) in [6.07, 6.45) is 2.23. The molecular weight excluding hydrogens is 250 g/mol. The molecule has 0 spiro atoms. The lowest BCUT2D eigenvalue weighted by atomic mass is 10.0. The Labute approximate surface area is 112 Å². The van der Waals surface area contributed by atoms with Gasteiger partial charge in [-0.15, -0.1) is 0 Å². The number of hydrogen-bond acceptors (Lipinski definition) is 3. The number of likely N-dealkylation sites (N-methyl/N-ethyl adjacent to an activating group) is 1. The van der Waals surface area contributed by atoms with Crippen molar-refractivity contribution in [1.82, 2.24) is 4.90 Å². The van der Waals surface area contributed by atoms with Crippen LogP contribution < -0.4 is 5.73 Å². The van der Waals surface area contributed by atoms with Crippen LogP contribution in [0.2, 0.25) is 0 Å². The molecule has 3 nitrogen and oxygen atoms in total. The van der Waals surface area contributed by atoms with E-state index in [-0.39, 0.29) is 18.7 Å². The van der Waals surface area contributed by atoms with Crippen molar-refractivity contribution < 1.29 is 13.5 Å². The van der Waals surface area contributed by atoms with Crippen molar-refractivity contribution in [2.45, 2.75) is 25.0 Å². The Bertz CT molecular complexity index is 422. The van der Waals surface area contributed by atoms with Crippen molar-refractivity contribution in [2.24, 2.45) is 5.73 Å². The van der Waals surface area contributed by atoms with Gasteiger partial charge in [0, 0.05) is 31.3 Å². The van der Waals surface area contributed by atoms with Gasteiger partial charge in [0.2, 0.25) is 0 Å². The molecule has 0 amide bonds. The quantitative estimate of drug-likeness (QED) is 0.890. The Morgan fingerprint density at radius 3 is 2.89 bits per heavy atom. The first kappa shape index (κ1) is 14.4. The predicted molar refractivity (Wildman–Crippen MR) is 69.8 cm³/mol. The molecule has 2 atom stereocenters. The molecule has 0 saturated carbocycles. The molecule has 1 heterocycles. The Morgan fingerprint density at radius 1 is 1.47 bits per heavy atom. The van der Waals surface area contributed by atoms with Crippen LogP contribution in [-0.4, -0.2) is 37.7 Å². The van der Waals surface area contributed by atoms with E-state index in [1.807, 2.05) is 11.9 Å². The minimum absolute atomic E-state index is 0.163. The van der Waals surface area contributed by atoms with Gasteiger partial charge in [0.05, 0.1) is 6.10 Å². The normalized spacial score (nSPS) is 21.0. The minimum Gasteiger partial charge on any atom is -0.377 e. The van der Waals surface area contributed by atoms with Gasteiger partial charge in [-0.2, -0.15) is 0 Å². The Morgan fingerprint density at radius 2 is 2.26 bits per heavy atom. The summed E-state index contributed by atoms with van der Waals surface area (Å²) in [5.74, 6) is -1.64. The zero-order valence-electron chi connectivity index (χ0n) is 11.1. The first-order valence-electron chi connectivity index (χ1n) is 6.59. The van der Waals surface area contributed by atoms with Crippen LogP contribution in [0, 0.1) is 11.6 Å². The van der Waals surface area contributed by atoms with Crippen molar-refractivity contribution in [3.63, 3.8) is 0 Å². The summed E-state index contributed by atoms with van der Waals surface area (Å²) in [6, 6.07) is 3.88. The summed E-state index contributed by atoms with van der Waals surface area (Å²) in [4.78, 5) is 1.94. The third-order valence-corrected chi connectivity index (χ3v) is 3.61. The topological polar surface area (TPSA) is 38.5 Å². The van der Waals surface area contributed by atoms with Crippen LogP contribution in [0.3, 0.4) is 0 Å². The van der Waals surface area contributed by atoms with E-state index < -0.39 is 11.6 Å². The average molecular weight is 270 g/mol. The van der Waals surface area contributed by atoms with Crippen LogP contribution in [0.15, 0.2) is 18.2 Å². The third kappa shape index (κ3) is 3.29. The molecule has 2 N–H and O–H groups in total. The van der Waals surface area contributed by atoms with E-state index in [2.05, 4.69) is 0 Å². The molecule has 1 fully saturated rings. The fraction of sp³-hybridized carbons (Fsp3) is 0.571. The van der Waals surface area contributed by atoms with Crippen molar-refractivity contribution in [2.75, 3.05) is 26.7 Å². The summed E-state index contributed by atoms with van der Waals surface area (Å²) in [5, 5.41) is 0. The summed E-state index contributed by atoms with van der Waals surface area (Å²) < 4.78 is 32.7. The van der Waals surface area contributed by atoms with Gasteiger partial charge < -0.3 is 10.5 Å². The summed E-state index contributed by atoms with van der Waals surface area (Å²) >= 11 is 0. The molecule has 19 heavy (non-hydrogen) atoms. The standard InChI is InChI=1S/C14H20F2N2O/c1-18(9-10-4-3-7-19-10)13(8-17)11-5-2-6-12(15)14(11)16/h2,5-6,10,13H,3-4,7-9,17H2,1H3. The Kier molecular flexibility index (Phi) is 4.85. The van der Waals surface area contributed by atoms with Gasteiger partial charge in [0.1, 0.15) is 0 Å². The lowest BCUT2D eigenvalue weighted by Crippen LogP contribution is -2.36. The number of rotatable bonds is 5. The summed E-state index contributed by atoms with van der Waals surface area (Å²) in [6.45, 7) is 1.70. The maximum atomic E-state index is 13.8. The van der Waals surface area contributed by atoms with Gasteiger partial charge in [-0.05, 0) is 26.0 Å². The molecule has 1 aliphatic rings. The Hall–Kier alpha value is -1.04. The maximum Gasteiger partial charge on any atom is 0.163 e. The summed E-state index contributed by atoms with van der Waals surface area (Å²) in [5.41, 5.74) is 6.04. The highest BCUT2D eigenvalue weighted by Crippen LogP contribution is 2.24. The number of halogens is 2. The molecule has 0 aliphatic carbocycles. The minimum atomic E-state index is -0.832. The fourth-order valence-corrected chi connectivity index (χ4v) is 2.56. The highest BCUT2D eigenvalue weighted by molar-refractivity contribution is 5.23. The van der Waals surface area contributed by atoms with E-state index >= 15 is 0 Å². The first-order chi connectivity index (χ1) is 9.13. The van der Waals surface area contributed by atoms with Crippen LogP contribution in [0.4, 0.5) is 8.78 Å². The predicted octanol–water partition coefficient (Wildman–Crippen LogP) is 2.08. The van der Waals surface area contributed by atoms with Crippen LogP contribution >= 0.6 is 0 Å². The van der Waals surface area contributed by atoms with Gasteiger partial charge in [-0.3, -0.25) is 4.90 Å². The number of nitrogens with zero attached hydrogens (tertiary/aromatic N) is 1. The Balaban J connectivity index is 2.11. The molecule has 1 aromatic carbocycles. The smallest absolute Gasteiger partial charge is 0.163 e. The molecule has 2 unspecified atom stereocenters. The molecule has 0 aromatic heterocycles. The lowest BCUT2D eigenvalue weighted by Gasteiger charge is -2.29. The van der Waals surface area contributed by atoms with Gasteiger partial charge in [-0.25, -0.2) is 8.78 Å². The van der Waals surface area contributed by atoms with E-state index in [0.717, 1.165) is 25.5 Å². The highest BCUT2D eigenvalue weighted by Gasteiger charge is 2.25. The third-order valence-electron chi connectivity index (χ3n) is 3.61. The fourth-order valence-electron chi connectivity index (χ4n) is 2.56. The second-order valence-corrected chi connectivity index (χ2v) is 4.97. The molecule has 1 aliphatic heterocycles. The molecule has 1 saturated heterocycles. The van der Waals surface area contributed by atoms with Crippen LogP contribution in [0.5, 0.6) is 0 Å². The zero-order chi connectivity index (χ0) is 13.8. The molecule has 0 bridgehead atoms. The van der Waals surface area contributed by atoms with E-state index in [9.17, 15) is 8.78 Å². The SMILES string of the molecule is CN(CC1CCCO1)C(CN)c1cccc(F)c1F. The van der Waals surface area contributed by atoms with Crippen molar-refractivity contribution in [1.29, 1.82) is 0 Å². The maximum absolute atomic E-state index is 13.8. The molecule has 2 rings (SSSR count). The molecule has 5 heteroatoms. The average Bonchev–Trinajstić information content (AvgIpc) is 2.88. The molecule has 106 valence electrons. The van der Waals surface area contributed by atoms with Gasteiger partial charge in [0.25, 0.3) is 0 Å². The van der Waals surface area contributed by atoms with E-state index in [1.165, 1.54) is 6.07 Å². The second kappa shape index (κ2) is 6.41. The van der Waals surface area contributed by atoms with E-state index in [0.29, 0.717) is 12.1 Å². The monoisotopic (exact) mass is 270 g/mol.